The second-order valence-electron chi connectivity index (χ2n) is 7.61. The quantitative estimate of drug-likeness (QED) is 0.711. The van der Waals surface area contributed by atoms with Crippen molar-refractivity contribution in [2.75, 3.05) is 22.1 Å². The van der Waals surface area contributed by atoms with Crippen molar-refractivity contribution in [2.24, 2.45) is 0 Å². The fraction of sp³-hybridized carbons (Fsp3) is 0.400. The molecule has 1 saturated heterocycles. The number of carbonyl (C=O) groups excluding carboxylic acids is 2. The van der Waals surface area contributed by atoms with Crippen LogP contribution >= 0.6 is 0 Å². The number of aromatic amines is 1. The fourth-order valence-electron chi connectivity index (χ4n) is 3.94. The van der Waals surface area contributed by atoms with Crippen LogP contribution in [0.3, 0.4) is 0 Å². The summed E-state index contributed by atoms with van der Waals surface area (Å²) >= 11 is 0. The van der Waals surface area contributed by atoms with Gasteiger partial charge in [0.05, 0.1) is 11.5 Å². The van der Waals surface area contributed by atoms with Crippen LogP contribution in [0.25, 0.3) is 0 Å². The molecule has 2 aliphatic rings. The zero-order chi connectivity index (χ0) is 21.4. The Balaban J connectivity index is 1.65. The van der Waals surface area contributed by atoms with E-state index in [0.717, 1.165) is 37.9 Å². The first-order valence-corrected chi connectivity index (χ1v) is 9.80. The van der Waals surface area contributed by atoms with Crippen LogP contribution in [0.4, 0.5) is 26.2 Å². The number of hydrogen-bond acceptors (Lipinski definition) is 5. The number of H-pyrrole nitrogens is 1. The Morgan fingerprint density at radius 1 is 1.23 bits per heavy atom. The van der Waals surface area contributed by atoms with E-state index < -0.39 is 34.9 Å². The molecule has 158 valence electrons. The maximum Gasteiger partial charge on any atom is 0.258 e. The Hall–Kier alpha value is -3.30. The van der Waals surface area contributed by atoms with Gasteiger partial charge >= 0.3 is 0 Å². The minimum Gasteiger partial charge on any atom is -0.340 e. The van der Waals surface area contributed by atoms with E-state index in [-0.39, 0.29) is 29.5 Å². The summed E-state index contributed by atoms with van der Waals surface area (Å²) in [5.74, 6) is -4.00. The summed E-state index contributed by atoms with van der Waals surface area (Å²) in [6.45, 7) is 2.77. The molecule has 0 aliphatic carbocycles. The standard InChI is InChI=1S/C20H21F2N5O3/c1-10-4-2-3-7-27(10)20-25-17-16(19(30)26-20)12(9-15(28)24-17)18(29)23-11-5-6-13(21)14(22)8-11/h5-6,8,10,12H,2-4,7,9H2,1H3,(H,23,29)(H2,24,25,26,28,30)/t10-,12-/m0/s1. The molecule has 30 heavy (non-hydrogen) atoms. The van der Waals surface area contributed by atoms with Gasteiger partial charge in [0, 0.05) is 30.8 Å². The molecule has 8 nitrogen and oxygen atoms in total. The van der Waals surface area contributed by atoms with Crippen LogP contribution in [-0.2, 0) is 9.59 Å². The van der Waals surface area contributed by atoms with Gasteiger partial charge in [-0.1, -0.05) is 0 Å². The molecule has 2 aliphatic heterocycles. The van der Waals surface area contributed by atoms with Crippen molar-refractivity contribution in [3.05, 3.63) is 45.8 Å². The van der Waals surface area contributed by atoms with Gasteiger partial charge in [-0.15, -0.1) is 0 Å². The predicted octanol–water partition coefficient (Wildman–Crippen LogP) is 2.49. The molecule has 3 N–H and O–H groups in total. The third-order valence-corrected chi connectivity index (χ3v) is 5.52. The van der Waals surface area contributed by atoms with E-state index in [2.05, 4.69) is 20.6 Å². The zero-order valence-electron chi connectivity index (χ0n) is 16.3. The van der Waals surface area contributed by atoms with Crippen LogP contribution in [0.15, 0.2) is 23.0 Å². The minimum atomic E-state index is -1.12. The first kappa shape index (κ1) is 20.0. The molecule has 1 aromatic carbocycles. The van der Waals surface area contributed by atoms with E-state index in [0.29, 0.717) is 5.95 Å². The van der Waals surface area contributed by atoms with E-state index in [1.54, 1.807) is 0 Å². The van der Waals surface area contributed by atoms with E-state index in [1.807, 2.05) is 11.8 Å². The lowest BCUT2D eigenvalue weighted by Gasteiger charge is -2.34. The smallest absolute Gasteiger partial charge is 0.258 e. The number of rotatable bonds is 3. The topological polar surface area (TPSA) is 107 Å². The molecule has 4 rings (SSSR count). The highest BCUT2D eigenvalue weighted by Gasteiger charge is 2.35. The Labute approximate surface area is 170 Å². The normalized spacial score (nSPS) is 21.0. The maximum absolute atomic E-state index is 13.4. The number of benzene rings is 1. The third kappa shape index (κ3) is 3.77. The molecular formula is C20H21F2N5O3. The van der Waals surface area contributed by atoms with Crippen LogP contribution < -0.4 is 21.1 Å². The van der Waals surface area contributed by atoms with Crippen LogP contribution in [0.2, 0.25) is 0 Å². The number of aromatic nitrogens is 2. The highest BCUT2D eigenvalue weighted by molar-refractivity contribution is 6.04. The van der Waals surface area contributed by atoms with E-state index >= 15 is 0 Å². The van der Waals surface area contributed by atoms with Gasteiger partial charge < -0.3 is 15.5 Å². The molecule has 0 saturated carbocycles. The molecule has 1 fully saturated rings. The molecule has 1 aromatic heterocycles. The maximum atomic E-state index is 13.4. The van der Waals surface area contributed by atoms with Crippen molar-refractivity contribution in [1.29, 1.82) is 0 Å². The summed E-state index contributed by atoms with van der Waals surface area (Å²) in [5, 5.41) is 5.01. The second-order valence-corrected chi connectivity index (χ2v) is 7.61. The van der Waals surface area contributed by atoms with Crippen LogP contribution in [-0.4, -0.2) is 34.4 Å². The van der Waals surface area contributed by atoms with Gasteiger partial charge in [0.1, 0.15) is 5.82 Å². The Morgan fingerprint density at radius 3 is 2.77 bits per heavy atom. The van der Waals surface area contributed by atoms with Gasteiger partial charge in [-0.25, -0.2) is 8.78 Å². The first-order valence-electron chi connectivity index (χ1n) is 9.80. The monoisotopic (exact) mass is 417 g/mol. The number of nitrogens with zero attached hydrogens (tertiary/aromatic N) is 2. The molecule has 0 radical (unpaired) electrons. The Bertz CT molecular complexity index is 1070. The first-order chi connectivity index (χ1) is 14.3. The van der Waals surface area contributed by atoms with Crippen molar-refractivity contribution >= 4 is 29.3 Å². The Morgan fingerprint density at radius 2 is 2.03 bits per heavy atom. The van der Waals surface area contributed by atoms with Crippen molar-refractivity contribution in [3.8, 4) is 0 Å². The number of fused-ring (bicyclic) bond motifs is 1. The summed E-state index contributed by atoms with van der Waals surface area (Å²) < 4.78 is 26.5. The van der Waals surface area contributed by atoms with Gasteiger partial charge in [0.25, 0.3) is 5.56 Å². The Kier molecular flexibility index (Phi) is 5.23. The number of hydrogen-bond donors (Lipinski definition) is 3. The lowest BCUT2D eigenvalue weighted by Crippen LogP contribution is -2.42. The molecule has 2 aromatic rings. The SMILES string of the molecule is C[C@H]1CCCCN1c1nc2c(c(=O)[nH]1)[C@@H](C(=O)Nc1ccc(F)c(F)c1)CC(=O)N2. The summed E-state index contributed by atoms with van der Waals surface area (Å²) in [5.41, 5.74) is -0.448. The van der Waals surface area contributed by atoms with Gasteiger partial charge in [-0.05, 0) is 38.3 Å². The van der Waals surface area contributed by atoms with Crippen molar-refractivity contribution in [1.82, 2.24) is 9.97 Å². The van der Waals surface area contributed by atoms with Crippen LogP contribution in [0, 0.1) is 11.6 Å². The van der Waals surface area contributed by atoms with Crippen LogP contribution in [0.5, 0.6) is 0 Å². The molecule has 2 amide bonds. The average Bonchev–Trinajstić information content (AvgIpc) is 2.70. The number of amides is 2. The van der Waals surface area contributed by atoms with Crippen molar-refractivity contribution in [3.63, 3.8) is 0 Å². The summed E-state index contributed by atoms with van der Waals surface area (Å²) in [6, 6.07) is 3.10. The number of carbonyl (C=O) groups is 2. The van der Waals surface area contributed by atoms with Gasteiger partial charge in [0.15, 0.2) is 11.6 Å². The molecule has 0 bridgehead atoms. The van der Waals surface area contributed by atoms with Gasteiger partial charge in [-0.3, -0.25) is 19.4 Å². The fourth-order valence-corrected chi connectivity index (χ4v) is 3.94. The molecular weight excluding hydrogens is 396 g/mol. The van der Waals surface area contributed by atoms with Crippen molar-refractivity contribution < 1.29 is 18.4 Å². The number of halogens is 2. The number of nitrogens with one attached hydrogen (secondary N) is 3. The zero-order valence-corrected chi connectivity index (χ0v) is 16.3. The molecule has 10 heteroatoms. The third-order valence-electron chi connectivity index (χ3n) is 5.52. The van der Waals surface area contributed by atoms with E-state index in [4.69, 9.17) is 0 Å². The summed E-state index contributed by atoms with van der Waals surface area (Å²) in [4.78, 5) is 46.9. The average molecular weight is 417 g/mol. The largest absolute Gasteiger partial charge is 0.340 e. The van der Waals surface area contributed by atoms with Gasteiger partial charge in [-0.2, -0.15) is 4.98 Å². The lowest BCUT2D eigenvalue weighted by molar-refractivity contribution is -0.123. The minimum absolute atomic E-state index is 0.0228. The predicted molar refractivity (Wildman–Crippen MR) is 106 cm³/mol. The summed E-state index contributed by atoms with van der Waals surface area (Å²) in [7, 11) is 0. The van der Waals surface area contributed by atoms with Crippen LogP contribution in [0.1, 0.15) is 44.1 Å². The van der Waals surface area contributed by atoms with E-state index in [1.165, 1.54) is 6.07 Å². The van der Waals surface area contributed by atoms with Crippen molar-refractivity contribution in [2.45, 2.75) is 44.6 Å². The molecule has 0 unspecified atom stereocenters. The summed E-state index contributed by atoms with van der Waals surface area (Å²) in [6.07, 6.45) is 2.77. The molecule has 3 heterocycles. The van der Waals surface area contributed by atoms with Gasteiger partial charge in [0.2, 0.25) is 17.8 Å². The highest BCUT2D eigenvalue weighted by Crippen LogP contribution is 2.31. The molecule has 0 spiro atoms. The van der Waals surface area contributed by atoms with E-state index in [9.17, 15) is 23.2 Å². The highest BCUT2D eigenvalue weighted by atomic mass is 19.2. The lowest BCUT2D eigenvalue weighted by atomic mass is 9.92. The molecule has 2 atom stereocenters. The second kappa shape index (κ2) is 7.85. The number of anilines is 3. The number of piperidine rings is 1.